The summed E-state index contributed by atoms with van der Waals surface area (Å²) < 4.78 is 0. The number of hydrogen-bond donors (Lipinski definition) is 1. The highest BCUT2D eigenvalue weighted by Gasteiger charge is 2.22. The second-order valence-corrected chi connectivity index (χ2v) is 7.80. The molecule has 2 aromatic carbocycles. The minimum absolute atomic E-state index is 0.0572. The van der Waals surface area contributed by atoms with E-state index in [2.05, 4.69) is 34.5 Å². The molecule has 1 unspecified atom stereocenters. The maximum Gasteiger partial charge on any atom is 0.253 e. The van der Waals surface area contributed by atoms with Crippen LogP contribution in [0.1, 0.15) is 47.2 Å². The van der Waals surface area contributed by atoms with Crippen molar-refractivity contribution in [3.8, 4) is 0 Å². The molecule has 1 atom stereocenters. The van der Waals surface area contributed by atoms with Crippen molar-refractivity contribution in [1.82, 2.24) is 5.32 Å². The molecule has 1 aliphatic carbocycles. The average Bonchev–Trinajstić information content (AvgIpc) is 2.69. The molecular formula is C22H25ClN2O. The van der Waals surface area contributed by atoms with Gasteiger partial charge in [-0.2, -0.15) is 0 Å². The highest BCUT2D eigenvalue weighted by Crippen LogP contribution is 2.27. The molecule has 4 rings (SSSR count). The lowest BCUT2D eigenvalue weighted by Crippen LogP contribution is -2.39. The van der Waals surface area contributed by atoms with E-state index in [9.17, 15) is 4.79 Å². The number of carbonyl (C=O) groups excluding carboxylic acids is 1. The number of anilines is 1. The van der Waals surface area contributed by atoms with Gasteiger partial charge in [0, 0.05) is 24.8 Å². The highest BCUT2D eigenvalue weighted by molar-refractivity contribution is 6.34. The van der Waals surface area contributed by atoms with Gasteiger partial charge >= 0.3 is 0 Å². The Kier molecular flexibility index (Phi) is 5.16. The van der Waals surface area contributed by atoms with Crippen LogP contribution in [0.3, 0.4) is 0 Å². The standard InChI is InChI=1S/C22H25ClN2O/c23-21-11-10-19(25-12-4-1-5-13-25)15-20(21)22(26)24-18-9-8-16-6-2-3-7-17(16)14-18/h2-3,6-7,10-11,15,18H,1,4-5,8-9,12-14H2,(H,24,26). The van der Waals surface area contributed by atoms with Crippen molar-refractivity contribution < 1.29 is 4.79 Å². The number of amides is 1. The van der Waals surface area contributed by atoms with Crippen molar-refractivity contribution in [3.63, 3.8) is 0 Å². The molecule has 136 valence electrons. The first kappa shape index (κ1) is 17.4. The summed E-state index contributed by atoms with van der Waals surface area (Å²) in [5.74, 6) is -0.0572. The van der Waals surface area contributed by atoms with E-state index in [0.717, 1.165) is 38.0 Å². The fourth-order valence-electron chi connectivity index (χ4n) is 4.12. The molecule has 2 aliphatic rings. The smallest absolute Gasteiger partial charge is 0.253 e. The molecule has 26 heavy (non-hydrogen) atoms. The third-order valence-corrected chi connectivity index (χ3v) is 5.93. The van der Waals surface area contributed by atoms with Gasteiger partial charge in [-0.05, 0) is 67.9 Å². The van der Waals surface area contributed by atoms with Gasteiger partial charge in [0.2, 0.25) is 0 Å². The van der Waals surface area contributed by atoms with Crippen molar-refractivity contribution >= 4 is 23.2 Å². The lowest BCUT2D eigenvalue weighted by Gasteiger charge is -2.29. The van der Waals surface area contributed by atoms with Gasteiger partial charge in [-0.3, -0.25) is 4.79 Å². The lowest BCUT2D eigenvalue weighted by molar-refractivity contribution is 0.0934. The summed E-state index contributed by atoms with van der Waals surface area (Å²) in [5, 5.41) is 3.73. The Balaban J connectivity index is 1.48. The summed E-state index contributed by atoms with van der Waals surface area (Å²) in [6.45, 7) is 2.12. The van der Waals surface area contributed by atoms with Gasteiger partial charge in [-0.25, -0.2) is 0 Å². The molecule has 4 heteroatoms. The maximum atomic E-state index is 12.9. The van der Waals surface area contributed by atoms with E-state index in [1.54, 1.807) is 0 Å². The molecule has 1 fully saturated rings. The van der Waals surface area contributed by atoms with Gasteiger partial charge in [0.05, 0.1) is 10.6 Å². The van der Waals surface area contributed by atoms with E-state index in [1.165, 1.54) is 30.4 Å². The Hall–Kier alpha value is -2.00. The normalized spacial score (nSPS) is 19.7. The van der Waals surface area contributed by atoms with Crippen molar-refractivity contribution in [1.29, 1.82) is 0 Å². The van der Waals surface area contributed by atoms with Gasteiger partial charge < -0.3 is 10.2 Å². The van der Waals surface area contributed by atoms with E-state index < -0.39 is 0 Å². The number of benzene rings is 2. The summed E-state index contributed by atoms with van der Waals surface area (Å²) >= 11 is 6.35. The molecule has 1 amide bonds. The fourth-order valence-corrected chi connectivity index (χ4v) is 4.32. The summed E-state index contributed by atoms with van der Waals surface area (Å²) in [6, 6.07) is 14.5. The number of nitrogens with zero attached hydrogens (tertiary/aromatic N) is 1. The van der Waals surface area contributed by atoms with Crippen LogP contribution in [0, 0.1) is 0 Å². The third kappa shape index (κ3) is 3.73. The largest absolute Gasteiger partial charge is 0.372 e. The molecule has 0 spiro atoms. The SMILES string of the molecule is O=C(NC1CCc2ccccc2C1)c1cc(N2CCCCC2)ccc1Cl. The van der Waals surface area contributed by atoms with Crippen molar-refractivity contribution in [2.75, 3.05) is 18.0 Å². The first-order valence-electron chi connectivity index (χ1n) is 9.63. The minimum Gasteiger partial charge on any atom is -0.372 e. The minimum atomic E-state index is -0.0572. The predicted octanol–water partition coefficient (Wildman–Crippen LogP) is 4.62. The molecule has 1 heterocycles. The van der Waals surface area contributed by atoms with Crippen LogP contribution in [0.25, 0.3) is 0 Å². The molecule has 0 aromatic heterocycles. The Morgan fingerprint density at radius 1 is 1.04 bits per heavy atom. The zero-order valence-electron chi connectivity index (χ0n) is 15.0. The number of rotatable bonds is 3. The van der Waals surface area contributed by atoms with Gasteiger partial charge in [0.1, 0.15) is 0 Å². The summed E-state index contributed by atoms with van der Waals surface area (Å²) in [4.78, 5) is 15.2. The Bertz CT molecular complexity index is 798. The van der Waals surface area contributed by atoms with Gasteiger partial charge in [0.15, 0.2) is 0 Å². The Morgan fingerprint density at radius 3 is 2.62 bits per heavy atom. The lowest BCUT2D eigenvalue weighted by atomic mass is 9.88. The summed E-state index contributed by atoms with van der Waals surface area (Å²) in [6.07, 6.45) is 6.61. The van der Waals surface area contributed by atoms with E-state index in [1.807, 2.05) is 18.2 Å². The average molecular weight is 369 g/mol. The first-order chi connectivity index (χ1) is 12.7. The number of nitrogens with one attached hydrogen (secondary N) is 1. The Labute approximate surface area is 160 Å². The van der Waals surface area contributed by atoms with Crippen LogP contribution in [0.15, 0.2) is 42.5 Å². The Morgan fingerprint density at radius 2 is 1.81 bits per heavy atom. The molecule has 1 aliphatic heterocycles. The van der Waals surface area contributed by atoms with Crippen LogP contribution < -0.4 is 10.2 Å². The second kappa shape index (κ2) is 7.71. The number of aryl methyl sites for hydroxylation is 1. The van der Waals surface area contributed by atoms with Crippen LogP contribution in [-0.4, -0.2) is 25.0 Å². The zero-order chi connectivity index (χ0) is 17.9. The van der Waals surface area contributed by atoms with Crippen LogP contribution >= 0.6 is 11.6 Å². The van der Waals surface area contributed by atoms with Gasteiger partial charge in [0.25, 0.3) is 5.91 Å². The number of carbonyl (C=O) groups is 1. The van der Waals surface area contributed by atoms with Crippen LogP contribution in [0.5, 0.6) is 0 Å². The van der Waals surface area contributed by atoms with Gasteiger partial charge in [-0.15, -0.1) is 0 Å². The molecule has 2 aromatic rings. The van der Waals surface area contributed by atoms with Crippen LogP contribution in [0.4, 0.5) is 5.69 Å². The van der Waals surface area contributed by atoms with Crippen molar-refractivity contribution in [3.05, 3.63) is 64.2 Å². The molecule has 1 saturated heterocycles. The summed E-state index contributed by atoms with van der Waals surface area (Å²) in [5.41, 5.74) is 4.45. The maximum absolute atomic E-state index is 12.9. The topological polar surface area (TPSA) is 32.3 Å². The quantitative estimate of drug-likeness (QED) is 0.857. The molecule has 0 bridgehead atoms. The molecular weight excluding hydrogens is 344 g/mol. The van der Waals surface area contributed by atoms with Crippen LogP contribution in [0.2, 0.25) is 5.02 Å². The highest BCUT2D eigenvalue weighted by atomic mass is 35.5. The van der Waals surface area contributed by atoms with E-state index in [4.69, 9.17) is 11.6 Å². The second-order valence-electron chi connectivity index (χ2n) is 7.39. The van der Waals surface area contributed by atoms with Gasteiger partial charge in [-0.1, -0.05) is 35.9 Å². The monoisotopic (exact) mass is 368 g/mol. The van der Waals surface area contributed by atoms with Crippen molar-refractivity contribution in [2.24, 2.45) is 0 Å². The van der Waals surface area contributed by atoms with E-state index >= 15 is 0 Å². The number of hydrogen-bond acceptors (Lipinski definition) is 2. The molecule has 3 nitrogen and oxygen atoms in total. The number of piperidine rings is 1. The van der Waals surface area contributed by atoms with Crippen LogP contribution in [-0.2, 0) is 12.8 Å². The molecule has 0 radical (unpaired) electrons. The van der Waals surface area contributed by atoms with Crippen molar-refractivity contribution in [2.45, 2.75) is 44.6 Å². The van der Waals surface area contributed by atoms with E-state index in [0.29, 0.717) is 10.6 Å². The number of halogens is 1. The zero-order valence-corrected chi connectivity index (χ0v) is 15.8. The molecule has 1 N–H and O–H groups in total. The van der Waals surface area contributed by atoms with E-state index in [-0.39, 0.29) is 11.9 Å². The third-order valence-electron chi connectivity index (χ3n) is 5.60. The molecule has 0 saturated carbocycles. The first-order valence-corrected chi connectivity index (χ1v) is 10.0. The predicted molar refractivity (Wildman–Crippen MR) is 107 cm³/mol. The summed E-state index contributed by atoms with van der Waals surface area (Å²) in [7, 11) is 0. The number of fused-ring (bicyclic) bond motifs is 1. The fraction of sp³-hybridized carbons (Fsp3) is 0.409.